The molecule has 1 aromatic carbocycles. The van der Waals surface area contributed by atoms with Gasteiger partial charge < -0.3 is 15.5 Å². The maximum Gasteiger partial charge on any atom is 0.254 e. The van der Waals surface area contributed by atoms with E-state index in [1.165, 1.54) is 0 Å². The van der Waals surface area contributed by atoms with Crippen LogP contribution in [0.4, 0.5) is 5.69 Å². The van der Waals surface area contributed by atoms with Crippen LogP contribution in [-0.2, 0) is 4.79 Å². The molecule has 0 bridgehead atoms. The van der Waals surface area contributed by atoms with Crippen LogP contribution < -0.4 is 10.6 Å². The summed E-state index contributed by atoms with van der Waals surface area (Å²) in [7, 11) is 0. The maximum atomic E-state index is 12.5. The van der Waals surface area contributed by atoms with Gasteiger partial charge in [-0.15, -0.1) is 0 Å². The number of hydrogen-bond donors (Lipinski definition) is 1. The molecule has 0 aliphatic carbocycles. The first-order valence-electron chi connectivity index (χ1n) is 7.62. The lowest BCUT2D eigenvalue weighted by Crippen LogP contribution is -2.39. The van der Waals surface area contributed by atoms with Gasteiger partial charge in [-0.3, -0.25) is 9.59 Å². The minimum absolute atomic E-state index is 0.0437. The molecule has 5 heteroatoms. The van der Waals surface area contributed by atoms with E-state index in [9.17, 15) is 9.59 Å². The van der Waals surface area contributed by atoms with Gasteiger partial charge in [-0.1, -0.05) is 0 Å². The highest BCUT2D eigenvalue weighted by molar-refractivity contribution is 5.97. The van der Waals surface area contributed by atoms with Crippen LogP contribution in [0.2, 0.25) is 0 Å². The molecule has 0 radical (unpaired) electrons. The van der Waals surface area contributed by atoms with Crippen molar-refractivity contribution in [2.24, 2.45) is 5.73 Å². The molecule has 3 rings (SSSR count). The van der Waals surface area contributed by atoms with E-state index in [0.717, 1.165) is 38.0 Å². The molecule has 1 atom stereocenters. The van der Waals surface area contributed by atoms with E-state index in [-0.39, 0.29) is 17.9 Å². The van der Waals surface area contributed by atoms with Gasteiger partial charge >= 0.3 is 0 Å². The third kappa shape index (κ3) is 2.65. The van der Waals surface area contributed by atoms with Crippen molar-refractivity contribution in [2.45, 2.75) is 31.7 Å². The van der Waals surface area contributed by atoms with Crippen molar-refractivity contribution in [3.05, 3.63) is 29.8 Å². The maximum absolute atomic E-state index is 12.5. The topological polar surface area (TPSA) is 66.6 Å². The molecule has 21 heavy (non-hydrogen) atoms. The van der Waals surface area contributed by atoms with E-state index in [1.54, 1.807) is 4.90 Å². The van der Waals surface area contributed by atoms with Gasteiger partial charge in [-0.25, -0.2) is 0 Å². The van der Waals surface area contributed by atoms with Gasteiger partial charge in [0.1, 0.15) is 0 Å². The molecule has 1 unspecified atom stereocenters. The number of carbonyl (C=O) groups excluding carboxylic acids is 2. The predicted octanol–water partition coefficient (Wildman–Crippen LogP) is 1.38. The number of benzene rings is 1. The number of carbonyl (C=O) groups is 2. The van der Waals surface area contributed by atoms with Crippen molar-refractivity contribution < 1.29 is 9.59 Å². The molecule has 2 amide bonds. The lowest BCUT2D eigenvalue weighted by atomic mass is 10.1. The Bertz CT molecular complexity index is 541. The second-order valence-electron chi connectivity index (χ2n) is 5.73. The van der Waals surface area contributed by atoms with Crippen LogP contribution in [0.25, 0.3) is 0 Å². The summed E-state index contributed by atoms with van der Waals surface area (Å²) >= 11 is 0. The van der Waals surface area contributed by atoms with Gasteiger partial charge in [0, 0.05) is 43.3 Å². The number of likely N-dealkylation sites (tertiary alicyclic amines) is 1. The summed E-state index contributed by atoms with van der Waals surface area (Å²) in [5.74, 6) is 0.207. The zero-order chi connectivity index (χ0) is 14.8. The third-order valence-corrected chi connectivity index (χ3v) is 4.41. The average Bonchev–Trinajstić information content (AvgIpc) is 3.15. The Morgan fingerprint density at radius 3 is 2.57 bits per heavy atom. The first-order chi connectivity index (χ1) is 10.2. The van der Waals surface area contributed by atoms with Crippen LogP contribution in [0.3, 0.4) is 0 Å². The summed E-state index contributed by atoms with van der Waals surface area (Å²) < 4.78 is 0. The lowest BCUT2D eigenvalue weighted by Gasteiger charge is -2.24. The first kappa shape index (κ1) is 14.1. The van der Waals surface area contributed by atoms with Crippen molar-refractivity contribution in [1.29, 1.82) is 0 Å². The summed E-state index contributed by atoms with van der Waals surface area (Å²) in [6, 6.07) is 7.52. The Kier molecular flexibility index (Phi) is 3.92. The highest BCUT2D eigenvalue weighted by Crippen LogP contribution is 2.24. The van der Waals surface area contributed by atoms with E-state index in [0.29, 0.717) is 18.5 Å². The summed E-state index contributed by atoms with van der Waals surface area (Å²) in [6.45, 7) is 2.08. The number of anilines is 1. The van der Waals surface area contributed by atoms with Crippen LogP contribution in [0.15, 0.2) is 24.3 Å². The smallest absolute Gasteiger partial charge is 0.254 e. The fraction of sp³-hybridized carbons (Fsp3) is 0.500. The molecule has 2 heterocycles. The fourth-order valence-corrected chi connectivity index (χ4v) is 3.22. The number of rotatable bonds is 3. The van der Waals surface area contributed by atoms with Gasteiger partial charge in [0.15, 0.2) is 0 Å². The molecular formula is C16H21N3O2. The second-order valence-corrected chi connectivity index (χ2v) is 5.73. The van der Waals surface area contributed by atoms with Crippen LogP contribution >= 0.6 is 0 Å². The zero-order valence-electron chi connectivity index (χ0n) is 12.1. The molecule has 2 saturated heterocycles. The van der Waals surface area contributed by atoms with Crippen molar-refractivity contribution in [1.82, 2.24) is 4.90 Å². The Balaban J connectivity index is 1.74. The summed E-state index contributed by atoms with van der Waals surface area (Å²) in [5.41, 5.74) is 7.28. The number of nitrogens with zero attached hydrogens (tertiary/aromatic N) is 2. The van der Waals surface area contributed by atoms with Crippen molar-refractivity contribution in [3.63, 3.8) is 0 Å². The Morgan fingerprint density at radius 2 is 1.95 bits per heavy atom. The monoisotopic (exact) mass is 287 g/mol. The lowest BCUT2D eigenvalue weighted by molar-refractivity contribution is -0.117. The highest BCUT2D eigenvalue weighted by atomic mass is 16.2. The van der Waals surface area contributed by atoms with E-state index in [4.69, 9.17) is 5.73 Å². The molecule has 2 aliphatic rings. The van der Waals surface area contributed by atoms with E-state index < -0.39 is 0 Å². The molecule has 1 aromatic rings. The van der Waals surface area contributed by atoms with Gasteiger partial charge in [0.2, 0.25) is 5.91 Å². The van der Waals surface area contributed by atoms with Crippen LogP contribution in [-0.4, -0.2) is 42.4 Å². The van der Waals surface area contributed by atoms with Gasteiger partial charge in [0.05, 0.1) is 0 Å². The second kappa shape index (κ2) is 5.85. The molecule has 2 fully saturated rings. The minimum atomic E-state index is 0.0437. The van der Waals surface area contributed by atoms with Crippen LogP contribution in [0.5, 0.6) is 0 Å². The molecule has 2 aliphatic heterocycles. The molecule has 5 nitrogen and oxygen atoms in total. The van der Waals surface area contributed by atoms with Crippen LogP contribution in [0, 0.1) is 0 Å². The summed E-state index contributed by atoms with van der Waals surface area (Å²) in [6.07, 6.45) is 3.54. The predicted molar refractivity (Wildman–Crippen MR) is 81.1 cm³/mol. The molecule has 112 valence electrons. The van der Waals surface area contributed by atoms with Crippen LogP contribution in [0.1, 0.15) is 36.0 Å². The number of amides is 2. The average molecular weight is 287 g/mol. The SMILES string of the molecule is NCC1CCCN1C(=O)c1ccc(N2CCCC2=O)cc1. The summed E-state index contributed by atoms with van der Waals surface area (Å²) in [4.78, 5) is 27.9. The van der Waals surface area contributed by atoms with E-state index >= 15 is 0 Å². The Hall–Kier alpha value is -1.88. The van der Waals surface area contributed by atoms with Crippen molar-refractivity contribution in [3.8, 4) is 0 Å². The Labute approximate surface area is 124 Å². The largest absolute Gasteiger partial charge is 0.334 e. The molecular weight excluding hydrogens is 266 g/mol. The standard InChI is InChI=1S/C16H21N3O2/c17-11-14-3-1-10-19(14)16(21)12-5-7-13(8-6-12)18-9-2-4-15(18)20/h5-8,14H,1-4,9-11,17H2. The third-order valence-electron chi connectivity index (χ3n) is 4.41. The van der Waals surface area contributed by atoms with Gasteiger partial charge in [-0.2, -0.15) is 0 Å². The molecule has 2 N–H and O–H groups in total. The molecule has 0 saturated carbocycles. The van der Waals surface area contributed by atoms with Crippen molar-refractivity contribution >= 4 is 17.5 Å². The number of nitrogens with two attached hydrogens (primary N) is 1. The number of hydrogen-bond acceptors (Lipinski definition) is 3. The zero-order valence-corrected chi connectivity index (χ0v) is 12.1. The molecule has 0 spiro atoms. The normalized spacial score (nSPS) is 22.1. The quantitative estimate of drug-likeness (QED) is 0.913. The Morgan fingerprint density at radius 1 is 1.19 bits per heavy atom. The van der Waals surface area contributed by atoms with Gasteiger partial charge in [-0.05, 0) is 43.5 Å². The molecule has 0 aromatic heterocycles. The fourth-order valence-electron chi connectivity index (χ4n) is 3.22. The minimum Gasteiger partial charge on any atom is -0.334 e. The van der Waals surface area contributed by atoms with E-state index in [2.05, 4.69) is 0 Å². The van der Waals surface area contributed by atoms with E-state index in [1.807, 2.05) is 29.2 Å². The van der Waals surface area contributed by atoms with Gasteiger partial charge in [0.25, 0.3) is 5.91 Å². The first-order valence-corrected chi connectivity index (χ1v) is 7.62. The highest BCUT2D eigenvalue weighted by Gasteiger charge is 2.28. The summed E-state index contributed by atoms with van der Waals surface area (Å²) in [5, 5.41) is 0. The van der Waals surface area contributed by atoms with Crippen molar-refractivity contribution in [2.75, 3.05) is 24.5 Å².